The van der Waals surface area contributed by atoms with Gasteiger partial charge in [-0.1, -0.05) is 0 Å². The lowest BCUT2D eigenvalue weighted by Crippen LogP contribution is -2.05. The SMILES string of the molecule is CCOc1cc(C=CC(N)=O)cc(Br)c1O. The molecule has 0 fully saturated rings. The third-order valence-corrected chi connectivity index (χ3v) is 2.40. The molecule has 16 heavy (non-hydrogen) atoms. The molecule has 0 saturated heterocycles. The van der Waals surface area contributed by atoms with E-state index in [2.05, 4.69) is 15.9 Å². The molecule has 3 N–H and O–H groups in total. The van der Waals surface area contributed by atoms with Crippen molar-refractivity contribution in [3.63, 3.8) is 0 Å². The van der Waals surface area contributed by atoms with Crippen LogP contribution in [0.5, 0.6) is 11.5 Å². The third-order valence-electron chi connectivity index (χ3n) is 1.79. The number of phenols is 1. The fourth-order valence-electron chi connectivity index (χ4n) is 1.13. The van der Waals surface area contributed by atoms with Crippen molar-refractivity contribution < 1.29 is 14.6 Å². The van der Waals surface area contributed by atoms with Crippen molar-refractivity contribution in [1.29, 1.82) is 0 Å². The van der Waals surface area contributed by atoms with Gasteiger partial charge in [0.15, 0.2) is 11.5 Å². The Bertz CT molecular complexity index is 429. The van der Waals surface area contributed by atoms with E-state index in [0.29, 0.717) is 22.4 Å². The molecule has 86 valence electrons. The topological polar surface area (TPSA) is 72.5 Å². The Hall–Kier alpha value is -1.49. The van der Waals surface area contributed by atoms with E-state index in [0.717, 1.165) is 0 Å². The first-order valence-corrected chi connectivity index (χ1v) is 5.46. The summed E-state index contributed by atoms with van der Waals surface area (Å²) in [6.07, 6.45) is 2.80. The Morgan fingerprint density at radius 2 is 2.31 bits per heavy atom. The van der Waals surface area contributed by atoms with Crippen LogP contribution in [0, 0.1) is 0 Å². The molecule has 1 amide bonds. The molecule has 1 rings (SSSR count). The average Bonchev–Trinajstić information content (AvgIpc) is 2.22. The Morgan fingerprint density at radius 1 is 1.62 bits per heavy atom. The maximum Gasteiger partial charge on any atom is 0.241 e. The molecular formula is C11H12BrNO3. The minimum Gasteiger partial charge on any atom is -0.503 e. The minimum absolute atomic E-state index is 0.0399. The van der Waals surface area contributed by atoms with Crippen LogP contribution in [0.2, 0.25) is 0 Å². The third kappa shape index (κ3) is 3.27. The number of aromatic hydroxyl groups is 1. The van der Waals surface area contributed by atoms with Crippen molar-refractivity contribution in [3.8, 4) is 11.5 Å². The van der Waals surface area contributed by atoms with Crippen LogP contribution >= 0.6 is 15.9 Å². The standard InChI is InChI=1S/C11H12BrNO3/c1-2-16-9-6-7(3-4-10(13)14)5-8(12)11(9)15/h3-6,15H,2H2,1H3,(H2,13,14). The number of nitrogens with two attached hydrogens (primary N) is 1. The normalized spacial score (nSPS) is 10.6. The molecule has 0 aliphatic rings. The molecule has 1 aromatic rings. The number of amides is 1. The highest BCUT2D eigenvalue weighted by atomic mass is 79.9. The van der Waals surface area contributed by atoms with Crippen LogP contribution in [-0.2, 0) is 4.79 Å². The highest BCUT2D eigenvalue weighted by molar-refractivity contribution is 9.10. The summed E-state index contributed by atoms with van der Waals surface area (Å²) in [4.78, 5) is 10.6. The van der Waals surface area contributed by atoms with Gasteiger partial charge < -0.3 is 15.6 Å². The van der Waals surface area contributed by atoms with E-state index in [4.69, 9.17) is 10.5 Å². The number of carbonyl (C=O) groups is 1. The van der Waals surface area contributed by atoms with Crippen molar-refractivity contribution in [1.82, 2.24) is 0 Å². The number of ether oxygens (including phenoxy) is 1. The second-order valence-electron chi connectivity index (χ2n) is 3.02. The van der Waals surface area contributed by atoms with Gasteiger partial charge in [-0.2, -0.15) is 0 Å². The quantitative estimate of drug-likeness (QED) is 0.832. The summed E-state index contributed by atoms with van der Waals surface area (Å²) >= 11 is 3.19. The summed E-state index contributed by atoms with van der Waals surface area (Å²) in [5, 5.41) is 9.64. The zero-order valence-electron chi connectivity index (χ0n) is 8.74. The average molecular weight is 286 g/mol. The lowest BCUT2D eigenvalue weighted by molar-refractivity contribution is -0.113. The maximum atomic E-state index is 10.6. The summed E-state index contributed by atoms with van der Waals surface area (Å²) in [5.74, 6) is -0.124. The molecule has 0 bridgehead atoms. The molecule has 1 aromatic carbocycles. The molecule has 0 aliphatic carbocycles. The van der Waals surface area contributed by atoms with Crippen molar-refractivity contribution in [2.75, 3.05) is 6.61 Å². The fraction of sp³-hybridized carbons (Fsp3) is 0.182. The highest BCUT2D eigenvalue weighted by Crippen LogP contribution is 2.35. The van der Waals surface area contributed by atoms with Crippen LogP contribution in [0.1, 0.15) is 12.5 Å². The Balaban J connectivity index is 3.08. The Kier molecular flexibility index (Phi) is 4.37. The number of halogens is 1. The molecular weight excluding hydrogens is 274 g/mol. The maximum absolute atomic E-state index is 10.6. The zero-order valence-corrected chi connectivity index (χ0v) is 10.3. The number of rotatable bonds is 4. The molecule has 0 radical (unpaired) electrons. The molecule has 5 heteroatoms. The zero-order chi connectivity index (χ0) is 12.1. The van der Waals surface area contributed by atoms with Gasteiger partial charge in [-0.25, -0.2) is 0 Å². The van der Waals surface area contributed by atoms with Crippen molar-refractivity contribution in [2.45, 2.75) is 6.92 Å². The first kappa shape index (κ1) is 12.6. The first-order valence-electron chi connectivity index (χ1n) is 4.67. The molecule has 4 nitrogen and oxygen atoms in total. The number of hydrogen-bond acceptors (Lipinski definition) is 3. The van der Waals surface area contributed by atoms with Gasteiger partial charge in [0.25, 0.3) is 0 Å². The van der Waals surface area contributed by atoms with Gasteiger partial charge in [-0.3, -0.25) is 4.79 Å². The number of benzene rings is 1. The van der Waals surface area contributed by atoms with Crippen LogP contribution in [0.25, 0.3) is 6.08 Å². The monoisotopic (exact) mass is 285 g/mol. The molecule has 0 spiro atoms. The predicted molar refractivity (Wildman–Crippen MR) is 65.2 cm³/mol. The van der Waals surface area contributed by atoms with Crippen LogP contribution in [0.3, 0.4) is 0 Å². The van der Waals surface area contributed by atoms with Gasteiger partial charge in [0.05, 0.1) is 11.1 Å². The van der Waals surface area contributed by atoms with E-state index in [9.17, 15) is 9.90 Å². The van der Waals surface area contributed by atoms with Crippen molar-refractivity contribution in [2.24, 2.45) is 5.73 Å². The highest BCUT2D eigenvalue weighted by Gasteiger charge is 2.07. The molecule has 0 aromatic heterocycles. The molecule has 0 atom stereocenters. The lowest BCUT2D eigenvalue weighted by Gasteiger charge is -2.08. The predicted octanol–water partition coefficient (Wildman–Crippen LogP) is 2.05. The van der Waals surface area contributed by atoms with Gasteiger partial charge >= 0.3 is 0 Å². The van der Waals surface area contributed by atoms with Crippen molar-refractivity contribution >= 4 is 27.9 Å². The van der Waals surface area contributed by atoms with Crippen LogP contribution < -0.4 is 10.5 Å². The Labute approximate surface area is 102 Å². The van der Waals surface area contributed by atoms with E-state index < -0.39 is 5.91 Å². The fourth-order valence-corrected chi connectivity index (χ4v) is 1.59. The molecule has 0 aliphatic heterocycles. The minimum atomic E-state index is -0.526. The summed E-state index contributed by atoms with van der Waals surface area (Å²) in [6.45, 7) is 2.27. The smallest absolute Gasteiger partial charge is 0.241 e. The van der Waals surface area contributed by atoms with Gasteiger partial charge in [0.1, 0.15) is 0 Å². The Morgan fingerprint density at radius 3 is 2.88 bits per heavy atom. The van der Waals surface area contributed by atoms with E-state index in [1.54, 1.807) is 18.2 Å². The summed E-state index contributed by atoms with van der Waals surface area (Å²) in [7, 11) is 0. The van der Waals surface area contributed by atoms with Crippen LogP contribution in [-0.4, -0.2) is 17.6 Å². The van der Waals surface area contributed by atoms with E-state index in [1.807, 2.05) is 6.92 Å². The second kappa shape index (κ2) is 5.55. The van der Waals surface area contributed by atoms with Gasteiger partial charge in [0, 0.05) is 6.08 Å². The van der Waals surface area contributed by atoms with E-state index in [-0.39, 0.29) is 5.75 Å². The number of hydrogen-bond donors (Lipinski definition) is 2. The lowest BCUT2D eigenvalue weighted by atomic mass is 10.2. The molecule has 0 unspecified atom stereocenters. The van der Waals surface area contributed by atoms with Crippen LogP contribution in [0.4, 0.5) is 0 Å². The van der Waals surface area contributed by atoms with Crippen molar-refractivity contribution in [3.05, 3.63) is 28.2 Å². The number of phenolic OH excluding ortho intramolecular Hbond substituents is 1. The van der Waals surface area contributed by atoms with Crippen LogP contribution in [0.15, 0.2) is 22.7 Å². The largest absolute Gasteiger partial charge is 0.503 e. The van der Waals surface area contributed by atoms with Gasteiger partial charge in [-0.15, -0.1) is 0 Å². The number of primary amides is 1. The molecule has 0 heterocycles. The van der Waals surface area contributed by atoms with E-state index >= 15 is 0 Å². The van der Waals surface area contributed by atoms with Gasteiger partial charge in [0.2, 0.25) is 5.91 Å². The van der Waals surface area contributed by atoms with Gasteiger partial charge in [-0.05, 0) is 46.6 Å². The molecule has 0 saturated carbocycles. The summed E-state index contributed by atoms with van der Waals surface area (Å²) in [6, 6.07) is 3.29. The second-order valence-corrected chi connectivity index (χ2v) is 3.87. The van der Waals surface area contributed by atoms with E-state index in [1.165, 1.54) is 6.08 Å². The summed E-state index contributed by atoms with van der Waals surface area (Å²) < 4.78 is 5.74. The number of carbonyl (C=O) groups excluding carboxylic acids is 1. The summed E-state index contributed by atoms with van der Waals surface area (Å²) in [5.41, 5.74) is 5.70. The first-order chi connectivity index (χ1) is 7.54.